The van der Waals surface area contributed by atoms with Crippen LogP contribution in [0.4, 0.5) is 4.79 Å². The van der Waals surface area contributed by atoms with Crippen molar-refractivity contribution in [2.24, 2.45) is 5.41 Å². The number of alkyl halides is 1. The second-order valence-corrected chi connectivity index (χ2v) is 5.41. The quantitative estimate of drug-likeness (QED) is 0.466. The van der Waals surface area contributed by atoms with E-state index in [2.05, 4.69) is 0 Å². The zero-order chi connectivity index (χ0) is 13.3. The first-order valence-electron chi connectivity index (χ1n) is 5.78. The summed E-state index contributed by atoms with van der Waals surface area (Å²) in [7, 11) is 0. The maximum Gasteiger partial charge on any atom is 0.514 e. The number of quaternary nitrogens is 1. The highest BCUT2D eigenvalue weighted by molar-refractivity contribution is 6.19. The van der Waals surface area contributed by atoms with E-state index in [1.54, 1.807) is 6.92 Å². The van der Waals surface area contributed by atoms with Gasteiger partial charge in [-0.3, -0.25) is 4.79 Å². The number of piperidine rings is 1. The number of hydrogen-bond donors (Lipinski definition) is 2. The fourth-order valence-electron chi connectivity index (χ4n) is 2.48. The number of halogens is 1. The number of carboxylic acids is 1. The van der Waals surface area contributed by atoms with Crippen LogP contribution in [0.3, 0.4) is 0 Å². The van der Waals surface area contributed by atoms with Crippen LogP contribution in [0.5, 0.6) is 0 Å². The van der Waals surface area contributed by atoms with Crippen LogP contribution < -0.4 is 0 Å². The summed E-state index contributed by atoms with van der Waals surface area (Å²) in [4.78, 5) is 22.6. The Morgan fingerprint density at radius 2 is 1.82 bits per heavy atom. The van der Waals surface area contributed by atoms with Gasteiger partial charge in [-0.2, -0.15) is 4.79 Å². The Balaban J connectivity index is 2.91. The molecule has 2 N–H and O–H groups in total. The predicted octanol–water partition coefficient (Wildman–Crippen LogP) is 2.34. The molecule has 1 aliphatic heterocycles. The first kappa shape index (κ1) is 14.3. The normalized spacial score (nSPS) is 35.2. The number of carbonyl (C=O) groups is 2. The topological polar surface area (TPSA) is 74.6 Å². The van der Waals surface area contributed by atoms with Crippen molar-refractivity contribution in [1.29, 1.82) is 0 Å². The Hall–Kier alpha value is -0.810. The van der Waals surface area contributed by atoms with E-state index in [9.17, 15) is 19.8 Å². The molecule has 6 heteroatoms. The van der Waals surface area contributed by atoms with Crippen molar-refractivity contribution in [1.82, 2.24) is 0 Å². The van der Waals surface area contributed by atoms with Gasteiger partial charge in [-0.1, -0.05) is 18.5 Å². The van der Waals surface area contributed by atoms with E-state index >= 15 is 0 Å². The Kier molecular flexibility index (Phi) is 4.04. The summed E-state index contributed by atoms with van der Waals surface area (Å²) in [6, 6.07) is 0. The minimum absolute atomic E-state index is 0.239. The molecule has 0 radical (unpaired) electrons. The third-order valence-corrected chi connectivity index (χ3v) is 4.54. The Labute approximate surface area is 106 Å². The molecule has 0 aromatic heterocycles. The lowest BCUT2D eigenvalue weighted by Crippen LogP contribution is -2.62. The van der Waals surface area contributed by atoms with Crippen LogP contribution in [0, 0.1) is 5.41 Å². The number of aliphatic carboxylic acids is 1. The largest absolute Gasteiger partial charge is 0.514 e. The smallest absolute Gasteiger partial charge is 0.481 e. The number of rotatable bonds is 3. The molecule has 0 aromatic rings. The van der Waals surface area contributed by atoms with Gasteiger partial charge in [-0.15, -0.1) is 0 Å². The lowest BCUT2D eigenvalue weighted by atomic mass is 9.75. The third kappa shape index (κ3) is 2.26. The van der Waals surface area contributed by atoms with Gasteiger partial charge in [0.1, 0.15) is 0 Å². The fraction of sp³-hybridized carbons (Fsp3) is 0.818. The number of carboxylic acid groups (broad SMARTS) is 2. The van der Waals surface area contributed by atoms with Crippen LogP contribution in [-0.4, -0.2) is 45.3 Å². The van der Waals surface area contributed by atoms with Crippen molar-refractivity contribution >= 4 is 23.7 Å². The number of hydrogen-bond acceptors (Lipinski definition) is 2. The summed E-state index contributed by atoms with van der Waals surface area (Å²) in [6.45, 7) is 4.04. The standard InChI is InChI=1S/C11H18ClNO4/c1-3-11(9(14)15)4-6-13(7-5-11,8(2)12)10(16)17/h8H,3-7H2,1-2H3,(H-,14,15,16,17)/p+1. The highest BCUT2D eigenvalue weighted by Gasteiger charge is 2.52. The predicted molar refractivity (Wildman–Crippen MR) is 62.9 cm³/mol. The highest BCUT2D eigenvalue weighted by atomic mass is 35.5. The summed E-state index contributed by atoms with van der Waals surface area (Å²) in [5.74, 6) is -0.828. The molecule has 5 nitrogen and oxygen atoms in total. The lowest BCUT2D eigenvalue weighted by molar-refractivity contribution is -0.874. The molecule has 1 aliphatic rings. The summed E-state index contributed by atoms with van der Waals surface area (Å²) in [5, 5.41) is 18.5. The maximum absolute atomic E-state index is 11.3. The Morgan fingerprint density at radius 1 is 1.35 bits per heavy atom. The molecule has 1 heterocycles. The van der Waals surface area contributed by atoms with E-state index in [4.69, 9.17) is 11.6 Å². The Morgan fingerprint density at radius 3 is 2.06 bits per heavy atom. The zero-order valence-corrected chi connectivity index (χ0v) is 10.9. The molecule has 1 rings (SSSR count). The third-order valence-electron chi connectivity index (χ3n) is 4.17. The minimum atomic E-state index is -0.970. The van der Waals surface area contributed by atoms with Crippen molar-refractivity contribution in [3.8, 4) is 0 Å². The van der Waals surface area contributed by atoms with Gasteiger partial charge in [0.15, 0.2) is 5.50 Å². The van der Waals surface area contributed by atoms with E-state index in [-0.39, 0.29) is 17.6 Å². The molecule has 17 heavy (non-hydrogen) atoms. The van der Waals surface area contributed by atoms with Gasteiger partial charge in [-0.05, 0) is 6.42 Å². The number of likely N-dealkylation sites (tertiary alicyclic amines) is 1. The summed E-state index contributed by atoms with van der Waals surface area (Å²) >= 11 is 5.97. The number of nitrogens with zero attached hydrogens (tertiary/aromatic N) is 1. The van der Waals surface area contributed by atoms with Gasteiger partial charge in [0.25, 0.3) is 0 Å². The van der Waals surface area contributed by atoms with Gasteiger partial charge < -0.3 is 10.2 Å². The van der Waals surface area contributed by atoms with Gasteiger partial charge >= 0.3 is 12.1 Å². The zero-order valence-electron chi connectivity index (χ0n) is 10.1. The molecular formula is C11H19ClNO4+. The molecule has 1 amide bonds. The van der Waals surface area contributed by atoms with Crippen LogP contribution in [0.15, 0.2) is 0 Å². The molecule has 1 saturated heterocycles. The SMILES string of the molecule is CCC1(C(=O)O)CC[N+](C(=O)O)(C(C)Cl)CC1. The fourth-order valence-corrected chi connectivity index (χ4v) is 2.76. The number of amides is 1. The van der Waals surface area contributed by atoms with E-state index in [1.807, 2.05) is 6.92 Å². The molecule has 0 spiro atoms. The molecular weight excluding hydrogens is 246 g/mol. The van der Waals surface area contributed by atoms with E-state index in [1.165, 1.54) is 0 Å². The second-order valence-electron chi connectivity index (χ2n) is 4.78. The second kappa shape index (κ2) is 4.82. The van der Waals surface area contributed by atoms with Gasteiger partial charge in [0, 0.05) is 19.8 Å². The van der Waals surface area contributed by atoms with E-state index < -0.39 is 23.0 Å². The average molecular weight is 265 g/mol. The van der Waals surface area contributed by atoms with Gasteiger partial charge in [-0.25, -0.2) is 4.48 Å². The monoisotopic (exact) mass is 264 g/mol. The van der Waals surface area contributed by atoms with Crippen LogP contribution in [0.25, 0.3) is 0 Å². The van der Waals surface area contributed by atoms with Crippen molar-refractivity contribution in [2.75, 3.05) is 13.1 Å². The van der Waals surface area contributed by atoms with Crippen LogP contribution in [-0.2, 0) is 4.79 Å². The summed E-state index contributed by atoms with van der Waals surface area (Å²) in [5.41, 5.74) is -1.32. The van der Waals surface area contributed by atoms with Crippen molar-refractivity contribution in [3.63, 3.8) is 0 Å². The van der Waals surface area contributed by atoms with Crippen LogP contribution >= 0.6 is 11.6 Å². The van der Waals surface area contributed by atoms with Gasteiger partial charge in [0.2, 0.25) is 0 Å². The van der Waals surface area contributed by atoms with Crippen molar-refractivity contribution in [2.45, 2.75) is 38.6 Å². The highest BCUT2D eigenvalue weighted by Crippen LogP contribution is 2.39. The van der Waals surface area contributed by atoms with Crippen molar-refractivity contribution in [3.05, 3.63) is 0 Å². The van der Waals surface area contributed by atoms with Gasteiger partial charge in [0.05, 0.1) is 18.5 Å². The van der Waals surface area contributed by atoms with Crippen molar-refractivity contribution < 1.29 is 24.3 Å². The molecule has 0 saturated carbocycles. The first-order chi connectivity index (χ1) is 7.81. The minimum Gasteiger partial charge on any atom is -0.481 e. The molecule has 0 aliphatic carbocycles. The van der Waals surface area contributed by atoms with Crippen LogP contribution in [0.2, 0.25) is 0 Å². The first-order valence-corrected chi connectivity index (χ1v) is 6.22. The summed E-state index contributed by atoms with van der Waals surface area (Å²) in [6.07, 6.45) is 0.283. The molecule has 0 bridgehead atoms. The molecule has 1 unspecified atom stereocenters. The van der Waals surface area contributed by atoms with Crippen LogP contribution in [0.1, 0.15) is 33.1 Å². The molecule has 0 aromatic carbocycles. The average Bonchev–Trinajstić information content (AvgIpc) is 2.28. The van der Waals surface area contributed by atoms with E-state index in [0.29, 0.717) is 19.3 Å². The molecule has 1 fully saturated rings. The van der Waals surface area contributed by atoms with E-state index in [0.717, 1.165) is 0 Å². The molecule has 1 atom stereocenters. The molecule has 98 valence electrons. The maximum atomic E-state index is 11.3. The summed E-state index contributed by atoms with van der Waals surface area (Å²) < 4.78 is -0.239. The lowest BCUT2D eigenvalue weighted by Gasteiger charge is -2.44. The Bertz CT molecular complexity index is 321.